The molecular weight excluding hydrogens is 238 g/mol. The van der Waals surface area contributed by atoms with E-state index in [0.717, 1.165) is 36.0 Å². The molecule has 0 spiro atoms. The minimum Gasteiger partial charge on any atom is -0.381 e. The smallest absolute Gasteiger partial charge is 0.137 e. The van der Waals surface area contributed by atoms with Crippen molar-refractivity contribution in [2.45, 2.75) is 38.3 Å². The van der Waals surface area contributed by atoms with E-state index in [9.17, 15) is 0 Å². The summed E-state index contributed by atoms with van der Waals surface area (Å²) in [6, 6.07) is 6.61. The Morgan fingerprint density at radius 1 is 1.26 bits per heavy atom. The predicted molar refractivity (Wildman–Crippen MR) is 76.3 cm³/mol. The summed E-state index contributed by atoms with van der Waals surface area (Å²) in [6.07, 6.45) is 5.32. The zero-order valence-electron chi connectivity index (χ0n) is 11.4. The third kappa shape index (κ3) is 2.40. The Labute approximate surface area is 113 Å². The summed E-state index contributed by atoms with van der Waals surface area (Å²) in [5.74, 6) is 0.949. The molecule has 1 aliphatic carbocycles. The summed E-state index contributed by atoms with van der Waals surface area (Å²) in [5, 5.41) is 4.69. The van der Waals surface area contributed by atoms with Crippen LogP contribution in [0.15, 0.2) is 24.5 Å². The lowest BCUT2D eigenvalue weighted by atomic mass is 10.1. The van der Waals surface area contributed by atoms with Crippen LogP contribution in [0.2, 0.25) is 0 Å². The maximum atomic E-state index is 5.42. The second-order valence-corrected chi connectivity index (χ2v) is 5.20. The SMILES string of the molecule is COC1CCC(Nc2ncnc3cccc(C)c23)C1. The highest BCUT2D eigenvalue weighted by Gasteiger charge is 2.25. The molecule has 2 unspecified atom stereocenters. The number of aryl methyl sites for hydroxylation is 1. The van der Waals surface area contributed by atoms with Gasteiger partial charge in [0.15, 0.2) is 0 Å². The topological polar surface area (TPSA) is 47.0 Å². The van der Waals surface area contributed by atoms with Crippen LogP contribution in [0, 0.1) is 6.92 Å². The Kier molecular flexibility index (Phi) is 3.34. The van der Waals surface area contributed by atoms with Crippen LogP contribution in [0.1, 0.15) is 24.8 Å². The zero-order valence-corrected chi connectivity index (χ0v) is 11.4. The largest absolute Gasteiger partial charge is 0.381 e. The van der Waals surface area contributed by atoms with E-state index in [4.69, 9.17) is 4.74 Å². The predicted octanol–water partition coefficient (Wildman–Crippen LogP) is 2.92. The molecule has 2 atom stereocenters. The number of rotatable bonds is 3. The summed E-state index contributed by atoms with van der Waals surface area (Å²) >= 11 is 0. The highest BCUT2D eigenvalue weighted by Crippen LogP contribution is 2.28. The third-order valence-corrected chi connectivity index (χ3v) is 3.93. The molecule has 0 aliphatic heterocycles. The van der Waals surface area contributed by atoms with E-state index < -0.39 is 0 Å². The van der Waals surface area contributed by atoms with Gasteiger partial charge in [-0.25, -0.2) is 9.97 Å². The third-order valence-electron chi connectivity index (χ3n) is 3.93. The molecule has 4 heteroatoms. The van der Waals surface area contributed by atoms with Gasteiger partial charge in [0.25, 0.3) is 0 Å². The lowest BCUT2D eigenvalue weighted by Gasteiger charge is -2.15. The summed E-state index contributed by atoms with van der Waals surface area (Å²) in [6.45, 7) is 2.10. The van der Waals surface area contributed by atoms with Crippen molar-refractivity contribution in [2.24, 2.45) is 0 Å². The molecule has 1 heterocycles. The highest BCUT2D eigenvalue weighted by atomic mass is 16.5. The number of benzene rings is 1. The summed E-state index contributed by atoms with van der Waals surface area (Å²) < 4.78 is 5.42. The van der Waals surface area contributed by atoms with Gasteiger partial charge in [-0.1, -0.05) is 12.1 Å². The number of aromatic nitrogens is 2. The Bertz CT molecular complexity index is 579. The van der Waals surface area contributed by atoms with Gasteiger partial charge in [-0.2, -0.15) is 0 Å². The Morgan fingerprint density at radius 3 is 2.95 bits per heavy atom. The van der Waals surface area contributed by atoms with E-state index in [1.165, 1.54) is 5.56 Å². The standard InChI is InChI=1S/C15H19N3O/c1-10-4-3-5-13-14(10)15(17-9-16-13)18-11-6-7-12(8-11)19-2/h3-5,9,11-12H,6-8H2,1-2H3,(H,16,17,18). The molecular formula is C15H19N3O. The molecule has 1 aliphatic rings. The van der Waals surface area contributed by atoms with Crippen molar-refractivity contribution in [3.63, 3.8) is 0 Å². The van der Waals surface area contributed by atoms with Gasteiger partial charge >= 0.3 is 0 Å². The molecule has 1 N–H and O–H groups in total. The number of methoxy groups -OCH3 is 1. The maximum absolute atomic E-state index is 5.42. The van der Waals surface area contributed by atoms with Gasteiger partial charge < -0.3 is 10.1 Å². The lowest BCUT2D eigenvalue weighted by molar-refractivity contribution is 0.108. The number of nitrogens with one attached hydrogen (secondary N) is 1. The highest BCUT2D eigenvalue weighted by molar-refractivity contribution is 5.91. The fourth-order valence-corrected chi connectivity index (χ4v) is 2.87. The lowest BCUT2D eigenvalue weighted by Crippen LogP contribution is -2.18. The number of ether oxygens (including phenoxy) is 1. The first-order chi connectivity index (χ1) is 9.28. The van der Waals surface area contributed by atoms with Crippen molar-refractivity contribution >= 4 is 16.7 Å². The van der Waals surface area contributed by atoms with Crippen LogP contribution in [-0.2, 0) is 4.74 Å². The molecule has 1 aromatic carbocycles. The average molecular weight is 257 g/mol. The quantitative estimate of drug-likeness (QED) is 0.918. The zero-order chi connectivity index (χ0) is 13.2. The summed E-state index contributed by atoms with van der Waals surface area (Å²) in [7, 11) is 1.79. The van der Waals surface area contributed by atoms with Crippen molar-refractivity contribution in [3.8, 4) is 0 Å². The fourth-order valence-electron chi connectivity index (χ4n) is 2.87. The number of nitrogens with zero attached hydrogens (tertiary/aromatic N) is 2. The van der Waals surface area contributed by atoms with E-state index in [0.29, 0.717) is 12.1 Å². The first-order valence-corrected chi connectivity index (χ1v) is 6.77. The van der Waals surface area contributed by atoms with E-state index in [1.54, 1.807) is 13.4 Å². The van der Waals surface area contributed by atoms with Gasteiger partial charge in [0, 0.05) is 18.5 Å². The van der Waals surface area contributed by atoms with E-state index in [1.807, 2.05) is 12.1 Å². The van der Waals surface area contributed by atoms with E-state index >= 15 is 0 Å². The van der Waals surface area contributed by atoms with Crippen LogP contribution in [0.25, 0.3) is 10.9 Å². The molecule has 4 nitrogen and oxygen atoms in total. The van der Waals surface area contributed by atoms with Gasteiger partial charge in [0.2, 0.25) is 0 Å². The van der Waals surface area contributed by atoms with Crippen LogP contribution in [-0.4, -0.2) is 29.2 Å². The van der Waals surface area contributed by atoms with Crippen molar-refractivity contribution in [1.82, 2.24) is 9.97 Å². The minimum atomic E-state index is 0.381. The van der Waals surface area contributed by atoms with Gasteiger partial charge in [0.05, 0.1) is 11.6 Å². The van der Waals surface area contributed by atoms with Crippen LogP contribution in [0.5, 0.6) is 0 Å². The molecule has 1 aromatic heterocycles. The van der Waals surface area contributed by atoms with Gasteiger partial charge in [-0.05, 0) is 37.8 Å². The Balaban J connectivity index is 1.89. The molecule has 0 amide bonds. The minimum absolute atomic E-state index is 0.381. The maximum Gasteiger partial charge on any atom is 0.137 e. The molecule has 100 valence electrons. The van der Waals surface area contributed by atoms with Crippen molar-refractivity contribution in [2.75, 3.05) is 12.4 Å². The molecule has 3 rings (SSSR count). The molecule has 19 heavy (non-hydrogen) atoms. The van der Waals surface area contributed by atoms with E-state index in [2.05, 4.69) is 28.3 Å². The molecule has 0 bridgehead atoms. The van der Waals surface area contributed by atoms with Crippen LogP contribution >= 0.6 is 0 Å². The Hall–Kier alpha value is -1.68. The second-order valence-electron chi connectivity index (χ2n) is 5.20. The Morgan fingerprint density at radius 2 is 2.16 bits per heavy atom. The summed E-state index contributed by atoms with van der Waals surface area (Å²) in [4.78, 5) is 8.75. The monoisotopic (exact) mass is 257 g/mol. The number of anilines is 1. The van der Waals surface area contributed by atoms with Gasteiger partial charge in [-0.15, -0.1) is 0 Å². The average Bonchev–Trinajstić information content (AvgIpc) is 2.87. The van der Waals surface area contributed by atoms with Crippen molar-refractivity contribution in [3.05, 3.63) is 30.1 Å². The molecule has 0 saturated heterocycles. The second kappa shape index (κ2) is 5.13. The van der Waals surface area contributed by atoms with Crippen molar-refractivity contribution < 1.29 is 4.74 Å². The molecule has 1 saturated carbocycles. The van der Waals surface area contributed by atoms with Crippen molar-refractivity contribution in [1.29, 1.82) is 0 Å². The number of hydrogen-bond acceptors (Lipinski definition) is 4. The van der Waals surface area contributed by atoms with Crippen LogP contribution < -0.4 is 5.32 Å². The summed E-state index contributed by atoms with van der Waals surface area (Å²) in [5.41, 5.74) is 2.21. The van der Waals surface area contributed by atoms with Crippen LogP contribution in [0.4, 0.5) is 5.82 Å². The fraction of sp³-hybridized carbons (Fsp3) is 0.467. The van der Waals surface area contributed by atoms with Gasteiger partial charge in [0.1, 0.15) is 12.1 Å². The normalized spacial score (nSPS) is 22.8. The molecule has 2 aromatic rings. The first kappa shape index (κ1) is 12.4. The van der Waals surface area contributed by atoms with Gasteiger partial charge in [-0.3, -0.25) is 0 Å². The number of fused-ring (bicyclic) bond motifs is 1. The van der Waals surface area contributed by atoms with Crippen LogP contribution in [0.3, 0.4) is 0 Å². The van der Waals surface area contributed by atoms with E-state index in [-0.39, 0.29) is 0 Å². The molecule has 0 radical (unpaired) electrons. The molecule has 1 fully saturated rings. The first-order valence-electron chi connectivity index (χ1n) is 6.77. The number of hydrogen-bond donors (Lipinski definition) is 1.